The highest BCUT2D eigenvalue weighted by Gasteiger charge is 2.35. The van der Waals surface area contributed by atoms with Gasteiger partial charge in [0, 0.05) is 49.4 Å². The van der Waals surface area contributed by atoms with Gasteiger partial charge >= 0.3 is 0 Å². The average molecular weight is 532 g/mol. The quantitative estimate of drug-likeness (QED) is 0.596. The summed E-state index contributed by atoms with van der Waals surface area (Å²) in [7, 11) is 0. The zero-order valence-corrected chi connectivity index (χ0v) is 20.3. The summed E-state index contributed by atoms with van der Waals surface area (Å²) in [4.78, 5) is 43.7. The number of piperazine rings is 2. The lowest BCUT2D eigenvalue weighted by Crippen LogP contribution is -2.60. The first kappa shape index (κ1) is 24.2. The van der Waals surface area contributed by atoms with E-state index in [1.165, 1.54) is 11.0 Å². The first-order chi connectivity index (χ1) is 16.4. The van der Waals surface area contributed by atoms with Gasteiger partial charge in [0.25, 0.3) is 0 Å². The van der Waals surface area contributed by atoms with Crippen molar-refractivity contribution >= 4 is 45.0 Å². The number of carbonyl (C=O) groups is 3. The molecule has 10 heteroatoms. The van der Waals surface area contributed by atoms with E-state index in [-0.39, 0.29) is 36.5 Å². The summed E-state index contributed by atoms with van der Waals surface area (Å²) in [6, 6.07) is 13.0. The van der Waals surface area contributed by atoms with Crippen molar-refractivity contribution in [2.75, 3.05) is 56.0 Å². The minimum atomic E-state index is -0.851. The number of nitrogens with one attached hydrogen (secondary N) is 2. The Hall–Kier alpha value is -2.98. The van der Waals surface area contributed by atoms with Gasteiger partial charge in [-0.05, 0) is 36.4 Å². The molecule has 2 N–H and O–H groups in total. The van der Waals surface area contributed by atoms with Crippen LogP contribution < -0.4 is 15.5 Å². The second-order valence-electron chi connectivity index (χ2n) is 8.37. The molecular formula is C24H27BrFN5O3. The van der Waals surface area contributed by atoms with E-state index in [1.807, 2.05) is 28.0 Å². The number of rotatable bonds is 6. The van der Waals surface area contributed by atoms with Gasteiger partial charge in [-0.3, -0.25) is 19.3 Å². The topological polar surface area (TPSA) is 85.0 Å². The van der Waals surface area contributed by atoms with Crippen molar-refractivity contribution in [1.82, 2.24) is 15.1 Å². The summed E-state index contributed by atoms with van der Waals surface area (Å²) < 4.78 is 15.0. The van der Waals surface area contributed by atoms with Crippen LogP contribution in [0.2, 0.25) is 0 Å². The average Bonchev–Trinajstić information content (AvgIpc) is 2.83. The Bertz CT molecular complexity index is 1040. The molecule has 0 bridgehead atoms. The third-order valence-electron chi connectivity index (χ3n) is 6.08. The standard InChI is InChI=1S/C24H27BrFN5O3/c25-17-5-7-18(8-6-17)28-22(32)15-21-24(34)27-9-10-31(21)23(33)16-29-11-13-30(14-12-29)20-4-2-1-3-19(20)26/h1-8,21H,9-16H2,(H,27,34)(H,28,32)/t21-/m0/s1. The number of nitrogens with zero attached hydrogens (tertiary/aromatic N) is 3. The van der Waals surface area contributed by atoms with Crippen LogP contribution in [0.15, 0.2) is 53.0 Å². The minimum absolute atomic E-state index is 0.116. The van der Waals surface area contributed by atoms with Crippen molar-refractivity contribution in [1.29, 1.82) is 0 Å². The van der Waals surface area contributed by atoms with Gasteiger partial charge in [0.05, 0.1) is 18.7 Å². The molecule has 8 nitrogen and oxygen atoms in total. The van der Waals surface area contributed by atoms with Crippen LogP contribution in [0, 0.1) is 5.82 Å². The van der Waals surface area contributed by atoms with Gasteiger partial charge in [-0.1, -0.05) is 28.1 Å². The lowest BCUT2D eigenvalue weighted by atomic mass is 10.1. The van der Waals surface area contributed by atoms with Gasteiger partial charge in [-0.2, -0.15) is 0 Å². The molecule has 1 atom stereocenters. The number of amides is 3. The second kappa shape index (κ2) is 11.0. The molecular weight excluding hydrogens is 505 g/mol. The molecule has 0 aromatic heterocycles. The first-order valence-electron chi connectivity index (χ1n) is 11.2. The van der Waals surface area contributed by atoms with E-state index in [0.29, 0.717) is 50.6 Å². The van der Waals surface area contributed by atoms with Crippen LogP contribution in [0.5, 0.6) is 0 Å². The van der Waals surface area contributed by atoms with Gasteiger partial charge in [-0.25, -0.2) is 4.39 Å². The van der Waals surface area contributed by atoms with Crippen molar-refractivity contribution in [2.24, 2.45) is 0 Å². The third-order valence-corrected chi connectivity index (χ3v) is 6.61. The lowest BCUT2D eigenvalue weighted by molar-refractivity contribution is -0.145. The Labute approximate surface area is 206 Å². The van der Waals surface area contributed by atoms with Crippen molar-refractivity contribution < 1.29 is 18.8 Å². The number of carbonyl (C=O) groups excluding carboxylic acids is 3. The van der Waals surface area contributed by atoms with Gasteiger partial charge in [0.15, 0.2) is 0 Å². The van der Waals surface area contributed by atoms with Gasteiger partial charge < -0.3 is 20.4 Å². The normalized spacial score (nSPS) is 19.0. The number of halogens is 2. The van der Waals surface area contributed by atoms with E-state index in [2.05, 4.69) is 26.6 Å². The molecule has 4 rings (SSSR count). The fraction of sp³-hybridized carbons (Fsp3) is 0.375. The Kier molecular flexibility index (Phi) is 7.79. The molecule has 3 amide bonds. The molecule has 2 aliphatic heterocycles. The van der Waals surface area contributed by atoms with E-state index >= 15 is 0 Å². The summed E-state index contributed by atoms with van der Waals surface area (Å²) in [5, 5.41) is 5.53. The Morgan fingerprint density at radius 2 is 1.74 bits per heavy atom. The highest BCUT2D eigenvalue weighted by atomic mass is 79.9. The highest BCUT2D eigenvalue weighted by Crippen LogP contribution is 2.21. The van der Waals surface area contributed by atoms with E-state index < -0.39 is 6.04 Å². The predicted octanol–water partition coefficient (Wildman–Crippen LogP) is 2.07. The maximum atomic E-state index is 14.1. The summed E-state index contributed by atoms with van der Waals surface area (Å²) in [5.41, 5.74) is 1.19. The first-order valence-corrected chi connectivity index (χ1v) is 12.0. The molecule has 0 spiro atoms. The van der Waals surface area contributed by atoms with Gasteiger partial charge in [0.1, 0.15) is 11.9 Å². The molecule has 2 saturated heterocycles. The lowest BCUT2D eigenvalue weighted by Gasteiger charge is -2.39. The van der Waals surface area contributed by atoms with Crippen molar-refractivity contribution in [3.8, 4) is 0 Å². The molecule has 0 aliphatic carbocycles. The largest absolute Gasteiger partial charge is 0.367 e. The fourth-order valence-corrected chi connectivity index (χ4v) is 4.54. The van der Waals surface area contributed by atoms with Crippen LogP contribution in [-0.4, -0.2) is 79.4 Å². The predicted molar refractivity (Wildman–Crippen MR) is 131 cm³/mol. The zero-order valence-electron chi connectivity index (χ0n) is 18.7. The monoisotopic (exact) mass is 531 g/mol. The summed E-state index contributed by atoms with van der Waals surface area (Å²) >= 11 is 3.35. The number of anilines is 2. The molecule has 0 unspecified atom stereocenters. The van der Waals surface area contributed by atoms with Crippen LogP contribution in [0.1, 0.15) is 6.42 Å². The van der Waals surface area contributed by atoms with Crippen LogP contribution in [-0.2, 0) is 14.4 Å². The number of hydrogen-bond donors (Lipinski definition) is 2. The molecule has 2 aliphatic rings. The smallest absolute Gasteiger partial charge is 0.243 e. The highest BCUT2D eigenvalue weighted by molar-refractivity contribution is 9.10. The molecule has 2 heterocycles. The number of benzene rings is 2. The van der Waals surface area contributed by atoms with Gasteiger partial charge in [-0.15, -0.1) is 0 Å². The maximum Gasteiger partial charge on any atom is 0.243 e. The maximum absolute atomic E-state index is 14.1. The molecule has 2 aromatic rings. The number of para-hydroxylation sites is 1. The Balaban J connectivity index is 1.32. The zero-order chi connectivity index (χ0) is 24.1. The van der Waals surface area contributed by atoms with Crippen LogP contribution in [0.3, 0.4) is 0 Å². The Morgan fingerprint density at radius 1 is 1.03 bits per heavy atom. The molecule has 0 saturated carbocycles. The van der Waals surface area contributed by atoms with E-state index in [0.717, 1.165) is 4.47 Å². The van der Waals surface area contributed by atoms with Crippen LogP contribution in [0.4, 0.5) is 15.8 Å². The van der Waals surface area contributed by atoms with Crippen molar-refractivity contribution in [3.05, 3.63) is 58.8 Å². The van der Waals surface area contributed by atoms with E-state index in [4.69, 9.17) is 0 Å². The van der Waals surface area contributed by atoms with E-state index in [9.17, 15) is 18.8 Å². The number of hydrogen-bond acceptors (Lipinski definition) is 5. The van der Waals surface area contributed by atoms with Gasteiger partial charge in [0.2, 0.25) is 17.7 Å². The van der Waals surface area contributed by atoms with Crippen LogP contribution >= 0.6 is 15.9 Å². The minimum Gasteiger partial charge on any atom is -0.367 e. The molecule has 2 aromatic carbocycles. The molecule has 2 fully saturated rings. The van der Waals surface area contributed by atoms with Crippen molar-refractivity contribution in [2.45, 2.75) is 12.5 Å². The Morgan fingerprint density at radius 3 is 2.44 bits per heavy atom. The fourth-order valence-electron chi connectivity index (χ4n) is 4.27. The molecule has 0 radical (unpaired) electrons. The molecule has 34 heavy (non-hydrogen) atoms. The summed E-state index contributed by atoms with van der Waals surface area (Å²) in [6.07, 6.45) is -0.116. The molecule has 180 valence electrons. The summed E-state index contributed by atoms with van der Waals surface area (Å²) in [5.74, 6) is -1.10. The van der Waals surface area contributed by atoms with Crippen molar-refractivity contribution in [3.63, 3.8) is 0 Å². The van der Waals surface area contributed by atoms with E-state index in [1.54, 1.807) is 24.3 Å². The summed E-state index contributed by atoms with van der Waals surface area (Å²) in [6.45, 7) is 3.29. The SMILES string of the molecule is O=C(C[C@H]1C(=O)NCCN1C(=O)CN1CCN(c2ccccc2F)CC1)Nc1ccc(Br)cc1. The second-order valence-corrected chi connectivity index (χ2v) is 9.28. The van der Waals surface area contributed by atoms with Crippen LogP contribution in [0.25, 0.3) is 0 Å². The third kappa shape index (κ3) is 5.92.